The highest BCUT2D eigenvalue weighted by Crippen LogP contribution is 2.17. The molecule has 0 aromatic heterocycles. The van der Waals surface area contributed by atoms with Crippen LogP contribution in [0.3, 0.4) is 0 Å². The Kier molecular flexibility index (Phi) is 5.76. The summed E-state index contributed by atoms with van der Waals surface area (Å²) in [6, 6.07) is 0.556. The maximum Gasteiger partial charge on any atom is 0.154 e. The topological polar surface area (TPSA) is 46.2 Å². The fourth-order valence-corrected chi connectivity index (χ4v) is 3.48. The molecule has 1 atom stereocenters. The SMILES string of the molecule is CCC(C)S(=O)(=O)CCNC1CCCCC1. The number of nitrogens with one attached hydrogen (secondary N) is 1. The van der Waals surface area contributed by atoms with E-state index in [-0.39, 0.29) is 5.25 Å². The standard InChI is InChI=1S/C12H25NO2S/c1-3-11(2)16(14,15)10-9-13-12-7-5-4-6-8-12/h11-13H,3-10H2,1-2H3. The molecule has 0 aromatic rings. The molecule has 1 unspecified atom stereocenters. The zero-order chi connectivity index (χ0) is 12.0. The van der Waals surface area contributed by atoms with Crippen LogP contribution < -0.4 is 5.32 Å². The Bertz CT molecular complexity index is 281. The van der Waals surface area contributed by atoms with Crippen LogP contribution in [0.1, 0.15) is 52.4 Å². The van der Waals surface area contributed by atoms with Crippen LogP contribution in [0.15, 0.2) is 0 Å². The highest BCUT2D eigenvalue weighted by atomic mass is 32.2. The second kappa shape index (κ2) is 6.60. The molecule has 1 aliphatic carbocycles. The molecule has 0 spiro atoms. The molecule has 16 heavy (non-hydrogen) atoms. The molecular formula is C12H25NO2S. The third-order valence-corrected chi connectivity index (χ3v) is 5.95. The summed E-state index contributed by atoms with van der Waals surface area (Å²) in [6.07, 6.45) is 7.05. The third-order valence-electron chi connectivity index (χ3n) is 3.61. The van der Waals surface area contributed by atoms with E-state index in [0.717, 1.165) is 0 Å². The summed E-state index contributed by atoms with van der Waals surface area (Å²) in [5, 5.41) is 3.18. The van der Waals surface area contributed by atoms with Crippen molar-refractivity contribution in [1.82, 2.24) is 5.32 Å². The van der Waals surface area contributed by atoms with Gasteiger partial charge in [-0.25, -0.2) is 8.42 Å². The van der Waals surface area contributed by atoms with Gasteiger partial charge in [0, 0.05) is 12.6 Å². The Labute approximate surface area is 99.9 Å². The van der Waals surface area contributed by atoms with Gasteiger partial charge in [0.25, 0.3) is 0 Å². The molecule has 0 heterocycles. The molecule has 0 saturated heterocycles. The van der Waals surface area contributed by atoms with Gasteiger partial charge < -0.3 is 5.32 Å². The maximum atomic E-state index is 11.8. The summed E-state index contributed by atoms with van der Waals surface area (Å²) in [7, 11) is -2.87. The Balaban J connectivity index is 2.23. The summed E-state index contributed by atoms with van der Waals surface area (Å²) < 4.78 is 23.5. The number of rotatable bonds is 6. The predicted octanol–water partition coefficient (Wildman–Crippen LogP) is 2.12. The summed E-state index contributed by atoms with van der Waals surface area (Å²) in [6.45, 7) is 4.35. The minimum absolute atomic E-state index is 0.194. The molecule has 0 amide bonds. The normalized spacial score (nSPS) is 20.9. The molecule has 0 aromatic carbocycles. The average molecular weight is 247 g/mol. The fourth-order valence-electron chi connectivity index (χ4n) is 2.17. The average Bonchev–Trinajstić information content (AvgIpc) is 2.29. The van der Waals surface area contributed by atoms with Crippen molar-refractivity contribution in [2.45, 2.75) is 63.7 Å². The molecule has 4 heteroatoms. The number of hydrogen-bond acceptors (Lipinski definition) is 3. The summed E-state index contributed by atoms with van der Waals surface area (Å²) in [5.41, 5.74) is 0. The largest absolute Gasteiger partial charge is 0.313 e. The van der Waals surface area contributed by atoms with Gasteiger partial charge in [0.1, 0.15) is 0 Å². The molecule has 1 N–H and O–H groups in total. The first-order valence-electron chi connectivity index (χ1n) is 6.51. The van der Waals surface area contributed by atoms with Crippen LogP contribution in [0.2, 0.25) is 0 Å². The van der Waals surface area contributed by atoms with Gasteiger partial charge >= 0.3 is 0 Å². The summed E-state index contributed by atoms with van der Waals surface area (Å²) >= 11 is 0. The molecule has 1 fully saturated rings. The predicted molar refractivity (Wildman–Crippen MR) is 68.4 cm³/mol. The van der Waals surface area contributed by atoms with Crippen LogP contribution in [0.25, 0.3) is 0 Å². The van der Waals surface area contributed by atoms with Gasteiger partial charge in [-0.2, -0.15) is 0 Å². The van der Waals surface area contributed by atoms with Gasteiger partial charge in [-0.05, 0) is 26.2 Å². The molecule has 1 saturated carbocycles. The Morgan fingerprint density at radius 2 is 1.88 bits per heavy atom. The van der Waals surface area contributed by atoms with E-state index in [1.165, 1.54) is 32.1 Å². The molecule has 0 aliphatic heterocycles. The van der Waals surface area contributed by atoms with E-state index in [1.807, 2.05) is 6.92 Å². The first kappa shape index (κ1) is 14.0. The molecule has 96 valence electrons. The lowest BCUT2D eigenvalue weighted by Crippen LogP contribution is -2.36. The quantitative estimate of drug-likeness (QED) is 0.782. The first-order chi connectivity index (χ1) is 7.56. The zero-order valence-electron chi connectivity index (χ0n) is 10.5. The van der Waals surface area contributed by atoms with Crippen molar-refractivity contribution < 1.29 is 8.42 Å². The fraction of sp³-hybridized carbons (Fsp3) is 1.00. The van der Waals surface area contributed by atoms with E-state index in [4.69, 9.17) is 0 Å². The van der Waals surface area contributed by atoms with E-state index in [2.05, 4.69) is 5.32 Å². The monoisotopic (exact) mass is 247 g/mol. The smallest absolute Gasteiger partial charge is 0.154 e. The minimum Gasteiger partial charge on any atom is -0.313 e. The van der Waals surface area contributed by atoms with Crippen LogP contribution in [-0.2, 0) is 9.84 Å². The minimum atomic E-state index is -2.87. The van der Waals surface area contributed by atoms with Crippen molar-refractivity contribution in [3.8, 4) is 0 Å². The molecule has 0 radical (unpaired) electrons. The van der Waals surface area contributed by atoms with Crippen molar-refractivity contribution in [2.75, 3.05) is 12.3 Å². The van der Waals surface area contributed by atoms with Gasteiger partial charge in [-0.3, -0.25) is 0 Å². The van der Waals surface area contributed by atoms with Gasteiger partial charge in [-0.15, -0.1) is 0 Å². The van der Waals surface area contributed by atoms with E-state index >= 15 is 0 Å². The number of sulfone groups is 1. The second-order valence-corrected chi connectivity index (χ2v) is 7.41. The molecule has 0 bridgehead atoms. The highest BCUT2D eigenvalue weighted by Gasteiger charge is 2.19. The maximum absolute atomic E-state index is 11.8. The Morgan fingerprint density at radius 1 is 1.25 bits per heavy atom. The Hall–Kier alpha value is -0.0900. The lowest BCUT2D eigenvalue weighted by atomic mass is 9.96. The zero-order valence-corrected chi connectivity index (χ0v) is 11.4. The number of hydrogen-bond donors (Lipinski definition) is 1. The van der Waals surface area contributed by atoms with Crippen molar-refractivity contribution >= 4 is 9.84 Å². The van der Waals surface area contributed by atoms with E-state index in [1.54, 1.807) is 6.92 Å². The van der Waals surface area contributed by atoms with Crippen LogP contribution in [0, 0.1) is 0 Å². The lowest BCUT2D eigenvalue weighted by molar-refractivity contribution is 0.380. The van der Waals surface area contributed by atoms with Gasteiger partial charge in [0.15, 0.2) is 9.84 Å². The third kappa shape index (κ3) is 4.42. The van der Waals surface area contributed by atoms with Crippen molar-refractivity contribution in [1.29, 1.82) is 0 Å². The Morgan fingerprint density at radius 3 is 2.44 bits per heavy atom. The van der Waals surface area contributed by atoms with E-state index in [0.29, 0.717) is 24.8 Å². The van der Waals surface area contributed by atoms with Crippen molar-refractivity contribution in [2.24, 2.45) is 0 Å². The van der Waals surface area contributed by atoms with Crippen molar-refractivity contribution in [3.63, 3.8) is 0 Å². The van der Waals surface area contributed by atoms with Gasteiger partial charge in [-0.1, -0.05) is 26.2 Å². The first-order valence-corrected chi connectivity index (χ1v) is 8.22. The van der Waals surface area contributed by atoms with Crippen LogP contribution in [-0.4, -0.2) is 32.0 Å². The summed E-state index contributed by atoms with van der Waals surface area (Å²) in [4.78, 5) is 0. The van der Waals surface area contributed by atoms with Gasteiger partial charge in [0.05, 0.1) is 11.0 Å². The molecular weight excluding hydrogens is 222 g/mol. The van der Waals surface area contributed by atoms with E-state index < -0.39 is 9.84 Å². The highest BCUT2D eigenvalue weighted by molar-refractivity contribution is 7.92. The lowest BCUT2D eigenvalue weighted by Gasteiger charge is -2.23. The second-order valence-electron chi connectivity index (χ2n) is 4.87. The van der Waals surface area contributed by atoms with Crippen LogP contribution in [0.4, 0.5) is 0 Å². The van der Waals surface area contributed by atoms with Crippen LogP contribution >= 0.6 is 0 Å². The molecule has 1 rings (SSSR count). The van der Waals surface area contributed by atoms with E-state index in [9.17, 15) is 8.42 Å². The van der Waals surface area contributed by atoms with Crippen LogP contribution in [0.5, 0.6) is 0 Å². The van der Waals surface area contributed by atoms with Gasteiger partial charge in [0.2, 0.25) is 0 Å². The van der Waals surface area contributed by atoms with Crippen molar-refractivity contribution in [3.05, 3.63) is 0 Å². The summed E-state index contributed by atoms with van der Waals surface area (Å²) in [5.74, 6) is 0.290. The molecule has 1 aliphatic rings. The molecule has 3 nitrogen and oxygen atoms in total.